The first-order valence-corrected chi connectivity index (χ1v) is 7.65. The zero-order valence-electron chi connectivity index (χ0n) is 11.7. The molecule has 0 aromatic carbocycles. The minimum absolute atomic E-state index is 0.160. The zero-order chi connectivity index (χ0) is 14.2. The summed E-state index contributed by atoms with van der Waals surface area (Å²) >= 11 is 2.16. The van der Waals surface area contributed by atoms with Crippen LogP contribution in [0.4, 0.5) is 0 Å². The Labute approximate surface area is 127 Å². The summed E-state index contributed by atoms with van der Waals surface area (Å²) in [4.78, 5) is 12.2. The van der Waals surface area contributed by atoms with E-state index in [4.69, 9.17) is 9.15 Å². The topological polar surface area (TPSA) is 39.4 Å². The van der Waals surface area contributed by atoms with E-state index in [1.165, 1.54) is 0 Å². The van der Waals surface area contributed by atoms with Crippen molar-refractivity contribution >= 4 is 39.7 Å². The first kappa shape index (κ1) is 14.6. The Morgan fingerprint density at radius 1 is 1.47 bits per heavy atom. The molecule has 0 radical (unpaired) electrons. The summed E-state index contributed by atoms with van der Waals surface area (Å²) in [6, 6.07) is 5.81. The Hall–Kier alpha value is -0.780. The predicted octanol–water partition coefficient (Wildman–Crippen LogP) is 4.71. The second kappa shape index (κ2) is 5.31. The van der Waals surface area contributed by atoms with Crippen LogP contribution in [0, 0.1) is 5.92 Å². The van der Waals surface area contributed by atoms with E-state index in [2.05, 4.69) is 36.4 Å². The van der Waals surface area contributed by atoms with Crippen molar-refractivity contribution in [1.82, 2.24) is 0 Å². The first-order valence-electron chi connectivity index (χ1n) is 6.57. The number of carbonyl (C=O) groups excluding carboxylic acids is 1. The Morgan fingerprint density at radius 3 is 2.58 bits per heavy atom. The molecule has 2 atom stereocenters. The monoisotopic (exact) mass is 374 g/mol. The molecule has 104 valence electrons. The van der Waals surface area contributed by atoms with Gasteiger partial charge in [-0.1, -0.05) is 43.4 Å². The van der Waals surface area contributed by atoms with Gasteiger partial charge in [0.05, 0.1) is 0 Å². The normalized spacial score (nSPS) is 16.7. The molecule has 0 amide bonds. The lowest BCUT2D eigenvalue weighted by Crippen LogP contribution is -2.31. The molecule has 0 saturated carbocycles. The van der Waals surface area contributed by atoms with Crippen LogP contribution in [0.25, 0.3) is 11.2 Å². The van der Waals surface area contributed by atoms with E-state index in [9.17, 15) is 4.79 Å². The Balaban J connectivity index is 2.22. The highest BCUT2D eigenvalue weighted by Crippen LogP contribution is 2.36. The Kier molecular flexibility index (Phi) is 4.08. The fourth-order valence-electron chi connectivity index (χ4n) is 1.97. The average molecular weight is 374 g/mol. The molecule has 2 aromatic rings. The van der Waals surface area contributed by atoms with Gasteiger partial charge in [-0.05, 0) is 37.5 Å². The van der Waals surface area contributed by atoms with Gasteiger partial charge in [0.2, 0.25) is 0 Å². The number of hydrogen-bond donors (Lipinski definition) is 0. The van der Waals surface area contributed by atoms with Gasteiger partial charge in [-0.15, -0.1) is 0 Å². The summed E-state index contributed by atoms with van der Waals surface area (Å²) in [5.74, 6) is 0.0521. The fourth-order valence-corrected chi connectivity index (χ4v) is 2.10. The molecule has 3 nitrogen and oxygen atoms in total. The van der Waals surface area contributed by atoms with Crippen LogP contribution >= 0.6 is 22.6 Å². The van der Waals surface area contributed by atoms with Crippen molar-refractivity contribution in [2.75, 3.05) is 0 Å². The largest absolute Gasteiger partial charge is 0.457 e. The maximum Gasteiger partial charge on any atom is 0.322 e. The van der Waals surface area contributed by atoms with Crippen molar-refractivity contribution in [3.8, 4) is 0 Å². The molecule has 0 aliphatic carbocycles. The Morgan fingerprint density at radius 2 is 2.16 bits per heavy atom. The van der Waals surface area contributed by atoms with Gasteiger partial charge in [-0.2, -0.15) is 0 Å². The summed E-state index contributed by atoms with van der Waals surface area (Å²) in [6.07, 6.45) is 0.506. The number of alkyl halides is 1. The number of carbonyl (C=O) groups is 1. The summed E-state index contributed by atoms with van der Waals surface area (Å²) in [6.45, 7) is 8.00. The van der Waals surface area contributed by atoms with Crippen molar-refractivity contribution in [2.45, 2.75) is 43.6 Å². The van der Waals surface area contributed by atoms with E-state index in [0.29, 0.717) is 0 Å². The van der Waals surface area contributed by atoms with Crippen LogP contribution < -0.4 is 0 Å². The predicted molar refractivity (Wildman–Crippen MR) is 83.8 cm³/mol. The molecular formula is C15H19IO3. The molecule has 2 bridgehead atoms. The van der Waals surface area contributed by atoms with Gasteiger partial charge in [0.1, 0.15) is 20.7 Å². The second-order valence-electron chi connectivity index (χ2n) is 5.42. The third-order valence-electron chi connectivity index (χ3n) is 3.44. The number of hydrogen-bond acceptors (Lipinski definition) is 3. The van der Waals surface area contributed by atoms with Gasteiger partial charge in [0, 0.05) is 5.56 Å². The van der Waals surface area contributed by atoms with E-state index < -0.39 is 3.42 Å². The molecule has 0 spiro atoms. The second-order valence-corrected chi connectivity index (χ2v) is 7.80. The lowest BCUT2D eigenvalue weighted by molar-refractivity contribution is -0.153. The minimum atomic E-state index is -0.475. The molecule has 0 saturated heterocycles. The van der Waals surface area contributed by atoms with Crippen LogP contribution in [-0.2, 0) is 9.53 Å². The van der Waals surface area contributed by atoms with Gasteiger partial charge in [0.15, 0.2) is 0 Å². The lowest BCUT2D eigenvalue weighted by Gasteiger charge is -2.26. The summed E-state index contributed by atoms with van der Waals surface area (Å²) in [5, 5.41) is 0. The molecule has 0 aliphatic rings. The van der Waals surface area contributed by atoms with E-state index in [-0.39, 0.29) is 18.0 Å². The minimum Gasteiger partial charge on any atom is -0.457 e. The third kappa shape index (κ3) is 2.88. The van der Waals surface area contributed by atoms with E-state index in [1.54, 1.807) is 0 Å². The molecule has 2 unspecified atom stereocenters. The van der Waals surface area contributed by atoms with Crippen LogP contribution in [0.2, 0.25) is 0 Å². The highest BCUT2D eigenvalue weighted by atomic mass is 127. The number of furan rings is 2. The fraction of sp³-hybridized carbons (Fsp3) is 0.533. The number of halogens is 1. The SMILES string of the molecule is CCC(C)(I)C(=O)OC(c1cc2ccc1o2)C(C)C. The highest BCUT2D eigenvalue weighted by Gasteiger charge is 2.34. The van der Waals surface area contributed by atoms with Crippen LogP contribution in [0.3, 0.4) is 0 Å². The molecule has 0 aliphatic heterocycles. The van der Waals surface area contributed by atoms with Gasteiger partial charge < -0.3 is 9.15 Å². The third-order valence-corrected chi connectivity index (χ3v) is 4.65. The van der Waals surface area contributed by atoms with Crippen molar-refractivity contribution in [1.29, 1.82) is 0 Å². The molecule has 2 rings (SSSR count). The standard InChI is InChI=1S/C15H19IO3/c1-5-15(4,16)14(17)19-13(9(2)3)11-8-10-6-7-12(11)18-10/h6-9,13H,5H2,1-4H3. The number of ether oxygens (including phenoxy) is 1. The maximum absolute atomic E-state index is 12.2. The van der Waals surface area contributed by atoms with Gasteiger partial charge in [-0.25, -0.2) is 0 Å². The zero-order valence-corrected chi connectivity index (χ0v) is 13.9. The molecular weight excluding hydrogens is 355 g/mol. The molecule has 2 heterocycles. The summed E-state index contributed by atoms with van der Waals surface area (Å²) in [7, 11) is 0. The summed E-state index contributed by atoms with van der Waals surface area (Å²) in [5.41, 5.74) is 2.62. The summed E-state index contributed by atoms with van der Waals surface area (Å²) < 4.78 is 10.8. The van der Waals surface area contributed by atoms with Crippen molar-refractivity contribution < 1.29 is 13.9 Å². The molecule has 0 fully saturated rings. The number of esters is 1. The maximum atomic E-state index is 12.2. The Bertz CT molecular complexity index is 556. The lowest BCUT2D eigenvalue weighted by atomic mass is 9.98. The van der Waals surface area contributed by atoms with E-state index in [1.807, 2.05) is 32.0 Å². The van der Waals surface area contributed by atoms with Crippen molar-refractivity contribution in [3.05, 3.63) is 23.8 Å². The number of fused-ring (bicyclic) bond motifs is 2. The molecule has 0 N–H and O–H groups in total. The van der Waals surface area contributed by atoms with Gasteiger partial charge in [0.25, 0.3) is 0 Å². The van der Waals surface area contributed by atoms with Crippen LogP contribution in [0.5, 0.6) is 0 Å². The van der Waals surface area contributed by atoms with Crippen molar-refractivity contribution in [2.24, 2.45) is 5.92 Å². The van der Waals surface area contributed by atoms with Crippen LogP contribution in [0.15, 0.2) is 22.6 Å². The quantitative estimate of drug-likeness (QED) is 0.432. The van der Waals surface area contributed by atoms with Gasteiger partial charge >= 0.3 is 5.97 Å². The van der Waals surface area contributed by atoms with Crippen LogP contribution in [0.1, 0.15) is 45.8 Å². The average Bonchev–Trinajstić information content (AvgIpc) is 2.97. The van der Waals surface area contributed by atoms with E-state index in [0.717, 1.165) is 23.2 Å². The molecule has 2 aromatic heterocycles. The highest BCUT2D eigenvalue weighted by molar-refractivity contribution is 14.1. The number of rotatable bonds is 5. The molecule has 19 heavy (non-hydrogen) atoms. The first-order chi connectivity index (χ1) is 8.85. The smallest absolute Gasteiger partial charge is 0.322 e. The van der Waals surface area contributed by atoms with Crippen molar-refractivity contribution in [3.63, 3.8) is 0 Å². The van der Waals surface area contributed by atoms with E-state index >= 15 is 0 Å². The van der Waals surface area contributed by atoms with Crippen LogP contribution in [-0.4, -0.2) is 9.39 Å². The molecule has 4 heteroatoms. The van der Waals surface area contributed by atoms with Gasteiger partial charge in [-0.3, -0.25) is 4.79 Å². The number of benzene rings is 1.